The van der Waals surface area contributed by atoms with Crippen LogP contribution in [0.25, 0.3) is 22.3 Å². The number of hydrogen-bond acceptors (Lipinski definition) is 2. The molecule has 134 valence electrons. The highest BCUT2D eigenvalue weighted by Gasteiger charge is 2.11. The average Bonchev–Trinajstić information content (AvgIpc) is 2.59. The Bertz CT molecular complexity index is 1010. The van der Waals surface area contributed by atoms with Crippen molar-refractivity contribution in [1.29, 1.82) is 0 Å². The van der Waals surface area contributed by atoms with Crippen molar-refractivity contribution in [2.24, 2.45) is 0 Å². The van der Waals surface area contributed by atoms with Gasteiger partial charge in [0.2, 0.25) is 0 Å². The normalized spacial score (nSPS) is 12.0. The van der Waals surface area contributed by atoms with Gasteiger partial charge in [0, 0.05) is 10.6 Å². The summed E-state index contributed by atoms with van der Waals surface area (Å²) < 4.78 is 51.0. The highest BCUT2D eigenvalue weighted by atomic mass is 35.5. The quantitative estimate of drug-likeness (QED) is 0.522. The highest BCUT2D eigenvalue weighted by Crippen LogP contribution is 2.34. The molecule has 0 amide bonds. The van der Waals surface area contributed by atoms with Crippen molar-refractivity contribution in [3.05, 3.63) is 76.3 Å². The molecule has 0 saturated carbocycles. The predicted molar refractivity (Wildman–Crippen MR) is 98.6 cm³/mol. The smallest absolute Gasteiger partial charge is 0.357 e. The van der Waals surface area contributed by atoms with Gasteiger partial charge in [0.25, 0.3) is 0 Å². The fourth-order valence-corrected chi connectivity index (χ4v) is 3.18. The summed E-state index contributed by atoms with van der Waals surface area (Å²) in [5.74, 6) is -1.64. The molecule has 0 radical (unpaired) electrons. The fraction of sp³-hybridized carbons (Fsp3) is 0. The van der Waals surface area contributed by atoms with Crippen LogP contribution < -0.4 is 4.18 Å². The monoisotopic (exact) mass is 414 g/mol. The van der Waals surface area contributed by atoms with Gasteiger partial charge >= 0.3 is 11.4 Å². The van der Waals surface area contributed by atoms with Crippen molar-refractivity contribution in [3.8, 4) is 28.0 Å². The Kier molecular flexibility index (Phi) is 5.58. The van der Waals surface area contributed by atoms with Crippen molar-refractivity contribution in [3.63, 3.8) is 0 Å². The highest BCUT2D eigenvalue weighted by molar-refractivity contribution is 7.74. The maximum Gasteiger partial charge on any atom is 0.357 e. The van der Waals surface area contributed by atoms with Crippen LogP contribution in [0.4, 0.5) is 8.78 Å². The number of halogens is 4. The number of rotatable bonds is 4. The van der Waals surface area contributed by atoms with Crippen molar-refractivity contribution >= 4 is 34.6 Å². The standard InChI is InChI=1S/C18H10Cl2F2O3S/c19-14-7-10(11-3-6-18(17(22)9-11)25-26(23)24)1-4-13(14)12-2-5-16(21)15(20)8-12/h1-9H,(H,23,24). The zero-order valence-corrected chi connectivity index (χ0v) is 15.2. The second-order valence-electron chi connectivity index (χ2n) is 5.27. The molecular weight excluding hydrogens is 405 g/mol. The second-order valence-corrected chi connectivity index (χ2v) is 6.68. The van der Waals surface area contributed by atoms with E-state index in [1.807, 2.05) is 0 Å². The Morgan fingerprint density at radius 2 is 1.42 bits per heavy atom. The predicted octanol–water partition coefficient (Wildman–Crippen LogP) is 6.12. The molecule has 0 spiro atoms. The summed E-state index contributed by atoms with van der Waals surface area (Å²) in [5.41, 5.74) is 2.42. The molecule has 0 bridgehead atoms. The van der Waals surface area contributed by atoms with Gasteiger partial charge in [0.1, 0.15) is 5.82 Å². The lowest BCUT2D eigenvalue weighted by Gasteiger charge is -2.10. The van der Waals surface area contributed by atoms with E-state index in [4.69, 9.17) is 27.8 Å². The molecule has 1 unspecified atom stereocenters. The van der Waals surface area contributed by atoms with E-state index in [1.54, 1.807) is 24.3 Å². The van der Waals surface area contributed by atoms with E-state index in [0.29, 0.717) is 27.3 Å². The van der Waals surface area contributed by atoms with Gasteiger partial charge in [-0.05, 0) is 47.0 Å². The molecule has 0 heterocycles. The van der Waals surface area contributed by atoms with Gasteiger partial charge in [-0.3, -0.25) is 4.55 Å². The third-order valence-corrected chi connectivity index (χ3v) is 4.55. The Morgan fingerprint density at radius 1 is 0.808 bits per heavy atom. The Hall–Kier alpha value is -1.99. The van der Waals surface area contributed by atoms with E-state index < -0.39 is 23.0 Å². The van der Waals surface area contributed by atoms with Crippen LogP contribution in [0.5, 0.6) is 5.75 Å². The molecule has 1 N–H and O–H groups in total. The molecule has 1 atom stereocenters. The van der Waals surface area contributed by atoms with Gasteiger partial charge in [-0.1, -0.05) is 47.5 Å². The molecule has 0 aromatic heterocycles. The van der Waals surface area contributed by atoms with Crippen molar-refractivity contribution < 1.29 is 21.7 Å². The van der Waals surface area contributed by atoms with E-state index >= 15 is 0 Å². The minimum atomic E-state index is -2.61. The molecule has 0 aliphatic heterocycles. The minimum absolute atomic E-state index is 0.0124. The summed E-state index contributed by atoms with van der Waals surface area (Å²) in [7, 11) is 0. The van der Waals surface area contributed by atoms with Crippen LogP contribution in [0, 0.1) is 11.6 Å². The van der Waals surface area contributed by atoms with Crippen molar-refractivity contribution in [2.45, 2.75) is 0 Å². The van der Waals surface area contributed by atoms with E-state index in [-0.39, 0.29) is 10.8 Å². The van der Waals surface area contributed by atoms with E-state index in [0.717, 1.165) is 0 Å². The molecule has 0 saturated heterocycles. The maximum absolute atomic E-state index is 14.0. The third kappa shape index (κ3) is 4.04. The largest absolute Gasteiger partial charge is 0.377 e. The maximum atomic E-state index is 14.0. The van der Waals surface area contributed by atoms with Gasteiger partial charge in [-0.25, -0.2) is 8.78 Å². The average molecular weight is 415 g/mol. The first kappa shape index (κ1) is 18.8. The topological polar surface area (TPSA) is 46.5 Å². The molecule has 3 aromatic carbocycles. The minimum Gasteiger partial charge on any atom is -0.377 e. The van der Waals surface area contributed by atoms with E-state index in [9.17, 15) is 13.0 Å². The summed E-state index contributed by atoms with van der Waals surface area (Å²) in [6, 6.07) is 13.3. The molecule has 0 aliphatic rings. The van der Waals surface area contributed by atoms with E-state index in [1.165, 1.54) is 30.3 Å². The van der Waals surface area contributed by atoms with Gasteiger partial charge in [-0.2, -0.15) is 4.21 Å². The first-order chi connectivity index (χ1) is 12.3. The molecule has 26 heavy (non-hydrogen) atoms. The van der Waals surface area contributed by atoms with Crippen LogP contribution in [0.15, 0.2) is 54.6 Å². The van der Waals surface area contributed by atoms with Crippen molar-refractivity contribution in [2.75, 3.05) is 0 Å². The molecule has 3 aromatic rings. The molecule has 8 heteroatoms. The zero-order valence-electron chi connectivity index (χ0n) is 12.9. The van der Waals surface area contributed by atoms with Gasteiger partial charge in [0.15, 0.2) is 11.6 Å². The molecule has 0 aliphatic carbocycles. The van der Waals surface area contributed by atoms with Crippen LogP contribution in [0.2, 0.25) is 10.0 Å². The lowest BCUT2D eigenvalue weighted by atomic mass is 10.00. The third-order valence-electron chi connectivity index (χ3n) is 3.63. The fourth-order valence-electron chi connectivity index (χ4n) is 2.42. The molecular formula is C18H10Cl2F2O3S. The van der Waals surface area contributed by atoms with Crippen LogP contribution >= 0.6 is 23.2 Å². The summed E-state index contributed by atoms with van der Waals surface area (Å²) in [6.45, 7) is 0. The molecule has 3 rings (SSSR count). The van der Waals surface area contributed by atoms with Gasteiger partial charge in [0.05, 0.1) is 5.02 Å². The second kappa shape index (κ2) is 7.72. The number of benzene rings is 3. The van der Waals surface area contributed by atoms with Crippen LogP contribution in [0.3, 0.4) is 0 Å². The summed E-state index contributed by atoms with van der Waals surface area (Å²) >= 11 is 9.51. The first-order valence-electron chi connectivity index (χ1n) is 7.19. The number of hydrogen-bond donors (Lipinski definition) is 1. The van der Waals surface area contributed by atoms with E-state index in [2.05, 4.69) is 4.18 Å². The van der Waals surface area contributed by atoms with Crippen LogP contribution in [-0.4, -0.2) is 8.76 Å². The molecule has 0 fully saturated rings. The summed E-state index contributed by atoms with van der Waals surface area (Å²) in [6.07, 6.45) is 0. The SMILES string of the molecule is O=S(O)Oc1ccc(-c2ccc(-c3ccc(F)c(Cl)c3)c(Cl)c2)cc1F. The van der Waals surface area contributed by atoms with Crippen molar-refractivity contribution in [1.82, 2.24) is 0 Å². The summed E-state index contributed by atoms with van der Waals surface area (Å²) in [5, 5.41) is 0.365. The Labute approximate surface area is 160 Å². The van der Waals surface area contributed by atoms with Crippen LogP contribution in [0.1, 0.15) is 0 Å². The zero-order chi connectivity index (χ0) is 18.8. The first-order valence-corrected chi connectivity index (χ1v) is 8.98. The molecule has 3 nitrogen and oxygen atoms in total. The van der Waals surface area contributed by atoms with Gasteiger partial charge in [-0.15, -0.1) is 0 Å². The Morgan fingerprint density at radius 3 is 2.04 bits per heavy atom. The Balaban J connectivity index is 1.95. The lowest BCUT2D eigenvalue weighted by Crippen LogP contribution is -1.99. The summed E-state index contributed by atoms with van der Waals surface area (Å²) in [4.78, 5) is 0. The van der Waals surface area contributed by atoms with Gasteiger partial charge < -0.3 is 4.18 Å². The lowest BCUT2D eigenvalue weighted by molar-refractivity contribution is 0.439. The van der Waals surface area contributed by atoms with Crippen LogP contribution in [-0.2, 0) is 11.4 Å².